The van der Waals surface area contributed by atoms with Gasteiger partial charge in [-0.2, -0.15) is 13.2 Å². The molecule has 0 radical (unpaired) electrons. The number of benzene rings is 1. The highest BCUT2D eigenvalue weighted by Gasteiger charge is 2.44. The van der Waals surface area contributed by atoms with Gasteiger partial charge >= 0.3 is 18.1 Å². The van der Waals surface area contributed by atoms with E-state index in [1.807, 2.05) is 0 Å². The maximum absolute atomic E-state index is 12.6. The quantitative estimate of drug-likeness (QED) is 0.790. The molecule has 0 saturated carbocycles. The number of esters is 1. The lowest BCUT2D eigenvalue weighted by Gasteiger charge is -2.30. The molecule has 0 heterocycles. The summed E-state index contributed by atoms with van der Waals surface area (Å²) in [6.07, 6.45) is -5.16. The molecule has 0 aromatic heterocycles. The van der Waals surface area contributed by atoms with Gasteiger partial charge in [0, 0.05) is 5.92 Å². The number of carbonyl (C=O) groups excluding carboxylic acids is 2. The molecule has 0 spiro atoms. The summed E-state index contributed by atoms with van der Waals surface area (Å²) in [5.41, 5.74) is 0.143. The maximum Gasteiger partial charge on any atom is 0.471 e. The van der Waals surface area contributed by atoms with E-state index in [1.54, 1.807) is 57.3 Å². The number of alkyl halides is 3. The van der Waals surface area contributed by atoms with Crippen molar-refractivity contribution in [1.29, 1.82) is 0 Å². The van der Waals surface area contributed by atoms with Crippen LogP contribution in [0, 0.1) is 6.92 Å². The van der Waals surface area contributed by atoms with Crippen molar-refractivity contribution in [2.24, 2.45) is 0 Å². The van der Waals surface area contributed by atoms with Crippen LogP contribution in [-0.4, -0.2) is 41.4 Å². The molecule has 1 rings (SSSR count). The Morgan fingerprint density at radius 1 is 1.20 bits per heavy atom. The SMILES string of the molecule is Cc1ccccc1[C@@H](CO)[C@H](NC(=O)C(F)(F)F)C(=O)OC(C)(C)C. The standard InChI is InChI=1S/C17H22F3NO4/c1-10-7-5-6-8-11(10)12(9-22)13(14(23)25-16(2,3)4)21-15(24)17(18,19)20/h5-8,12-13,22H,9H2,1-4H3,(H,21,24)/t12-,13+/m1/s1. The topological polar surface area (TPSA) is 75.6 Å². The lowest BCUT2D eigenvalue weighted by atomic mass is 9.88. The summed E-state index contributed by atoms with van der Waals surface area (Å²) in [7, 11) is 0. The molecule has 2 atom stereocenters. The Kier molecular flexibility index (Phi) is 6.59. The summed E-state index contributed by atoms with van der Waals surface area (Å²) in [6.45, 7) is 5.70. The second-order valence-corrected chi connectivity index (χ2v) is 6.63. The Balaban J connectivity index is 3.25. The van der Waals surface area contributed by atoms with Crippen LogP contribution in [0.15, 0.2) is 24.3 Å². The average molecular weight is 361 g/mol. The smallest absolute Gasteiger partial charge is 0.458 e. The normalized spacial score (nSPS) is 14.6. The molecule has 2 N–H and O–H groups in total. The Labute approximate surface area is 144 Å². The van der Waals surface area contributed by atoms with Crippen LogP contribution < -0.4 is 5.32 Å². The van der Waals surface area contributed by atoms with Crippen molar-refractivity contribution >= 4 is 11.9 Å². The molecule has 1 amide bonds. The Morgan fingerprint density at radius 2 is 1.76 bits per heavy atom. The van der Waals surface area contributed by atoms with Gasteiger partial charge in [-0.3, -0.25) is 4.79 Å². The van der Waals surface area contributed by atoms with Crippen molar-refractivity contribution in [3.8, 4) is 0 Å². The summed E-state index contributed by atoms with van der Waals surface area (Å²) in [5, 5.41) is 11.4. The molecule has 5 nitrogen and oxygen atoms in total. The van der Waals surface area contributed by atoms with Crippen molar-refractivity contribution in [2.75, 3.05) is 6.61 Å². The molecule has 1 aromatic carbocycles. The number of halogens is 3. The van der Waals surface area contributed by atoms with E-state index in [0.717, 1.165) is 0 Å². The lowest BCUT2D eigenvalue weighted by molar-refractivity contribution is -0.177. The van der Waals surface area contributed by atoms with Crippen LogP contribution in [0.25, 0.3) is 0 Å². The fourth-order valence-corrected chi connectivity index (χ4v) is 2.30. The van der Waals surface area contributed by atoms with E-state index in [9.17, 15) is 27.9 Å². The van der Waals surface area contributed by atoms with Crippen LogP contribution in [0.2, 0.25) is 0 Å². The van der Waals surface area contributed by atoms with Crippen molar-refractivity contribution < 1.29 is 32.6 Å². The second kappa shape index (κ2) is 7.86. The zero-order chi connectivity index (χ0) is 19.4. The van der Waals surface area contributed by atoms with Crippen molar-refractivity contribution in [3.63, 3.8) is 0 Å². The Morgan fingerprint density at radius 3 is 2.20 bits per heavy atom. The number of aryl methyl sites for hydroxylation is 1. The third-order valence-electron chi connectivity index (χ3n) is 3.39. The summed E-state index contributed by atoms with van der Waals surface area (Å²) < 4.78 is 43.0. The van der Waals surface area contributed by atoms with Gasteiger partial charge in [-0.05, 0) is 38.8 Å². The predicted molar refractivity (Wildman–Crippen MR) is 84.8 cm³/mol. The average Bonchev–Trinajstić information content (AvgIpc) is 2.45. The van der Waals surface area contributed by atoms with E-state index < -0.39 is 42.2 Å². The predicted octanol–water partition coefficient (Wildman–Crippen LogP) is 2.46. The fourth-order valence-electron chi connectivity index (χ4n) is 2.30. The van der Waals surface area contributed by atoms with Gasteiger partial charge in [0.25, 0.3) is 0 Å². The number of aliphatic hydroxyl groups is 1. The first-order valence-electron chi connectivity index (χ1n) is 7.63. The van der Waals surface area contributed by atoms with Gasteiger partial charge in [-0.15, -0.1) is 0 Å². The van der Waals surface area contributed by atoms with Gasteiger partial charge in [-0.25, -0.2) is 4.79 Å². The van der Waals surface area contributed by atoms with E-state index in [-0.39, 0.29) is 0 Å². The molecule has 8 heteroatoms. The van der Waals surface area contributed by atoms with Gasteiger partial charge in [0.05, 0.1) is 6.61 Å². The monoisotopic (exact) mass is 361 g/mol. The van der Waals surface area contributed by atoms with E-state index in [2.05, 4.69) is 0 Å². The molecule has 0 unspecified atom stereocenters. The van der Waals surface area contributed by atoms with Crippen LogP contribution in [0.5, 0.6) is 0 Å². The van der Waals surface area contributed by atoms with Crippen LogP contribution in [-0.2, 0) is 14.3 Å². The minimum absolute atomic E-state index is 0.448. The number of nitrogens with one attached hydrogen (secondary N) is 1. The van der Waals surface area contributed by atoms with Gasteiger partial charge in [0.2, 0.25) is 0 Å². The highest BCUT2D eigenvalue weighted by atomic mass is 19.4. The number of ether oxygens (including phenoxy) is 1. The third-order valence-corrected chi connectivity index (χ3v) is 3.39. The van der Waals surface area contributed by atoms with Gasteiger partial charge < -0.3 is 15.2 Å². The first-order valence-corrected chi connectivity index (χ1v) is 7.63. The minimum Gasteiger partial charge on any atom is -0.458 e. The first kappa shape index (κ1) is 21.0. The largest absolute Gasteiger partial charge is 0.471 e. The molecule has 0 fully saturated rings. The highest BCUT2D eigenvalue weighted by Crippen LogP contribution is 2.26. The number of amides is 1. The Hall–Kier alpha value is -2.09. The zero-order valence-corrected chi connectivity index (χ0v) is 14.5. The number of hydrogen-bond acceptors (Lipinski definition) is 4. The second-order valence-electron chi connectivity index (χ2n) is 6.63. The van der Waals surface area contributed by atoms with E-state index in [0.29, 0.717) is 11.1 Å². The summed E-state index contributed by atoms with van der Waals surface area (Å²) in [6, 6.07) is 4.93. The van der Waals surface area contributed by atoms with Crippen LogP contribution in [0.1, 0.15) is 37.8 Å². The van der Waals surface area contributed by atoms with E-state index in [4.69, 9.17) is 4.74 Å². The Bertz CT molecular complexity index is 623. The van der Waals surface area contributed by atoms with Crippen molar-refractivity contribution in [1.82, 2.24) is 5.32 Å². The molecule has 0 aliphatic rings. The van der Waals surface area contributed by atoms with Gasteiger partial charge in [-0.1, -0.05) is 24.3 Å². The number of rotatable bonds is 5. The number of aliphatic hydroxyl groups excluding tert-OH is 1. The maximum atomic E-state index is 12.6. The number of carbonyl (C=O) groups is 2. The van der Waals surface area contributed by atoms with E-state index in [1.165, 1.54) is 0 Å². The highest BCUT2D eigenvalue weighted by molar-refractivity contribution is 5.88. The summed E-state index contributed by atoms with van der Waals surface area (Å²) in [4.78, 5) is 23.7. The van der Waals surface area contributed by atoms with Gasteiger partial charge in [0.1, 0.15) is 11.6 Å². The molecular formula is C17H22F3NO4. The van der Waals surface area contributed by atoms with Gasteiger partial charge in [0.15, 0.2) is 0 Å². The molecule has 25 heavy (non-hydrogen) atoms. The molecule has 0 aliphatic carbocycles. The lowest BCUT2D eigenvalue weighted by Crippen LogP contribution is -2.52. The molecule has 0 aliphatic heterocycles. The molecule has 0 saturated heterocycles. The fraction of sp³-hybridized carbons (Fsp3) is 0.529. The summed E-state index contributed by atoms with van der Waals surface area (Å²) in [5.74, 6) is -4.40. The van der Waals surface area contributed by atoms with Crippen LogP contribution in [0.3, 0.4) is 0 Å². The zero-order valence-electron chi connectivity index (χ0n) is 14.5. The number of hydrogen-bond donors (Lipinski definition) is 2. The molecule has 0 bridgehead atoms. The van der Waals surface area contributed by atoms with Crippen LogP contribution >= 0.6 is 0 Å². The molecule has 1 aromatic rings. The van der Waals surface area contributed by atoms with Crippen LogP contribution in [0.4, 0.5) is 13.2 Å². The van der Waals surface area contributed by atoms with Crippen molar-refractivity contribution in [3.05, 3.63) is 35.4 Å². The first-order chi connectivity index (χ1) is 11.4. The third kappa shape index (κ3) is 6.04. The molecular weight excluding hydrogens is 339 g/mol. The molecule has 140 valence electrons. The summed E-state index contributed by atoms with van der Waals surface area (Å²) >= 11 is 0. The van der Waals surface area contributed by atoms with Crippen molar-refractivity contribution in [2.45, 2.75) is 51.4 Å². The minimum atomic E-state index is -5.16. The van der Waals surface area contributed by atoms with E-state index >= 15 is 0 Å².